The molecule has 47 heavy (non-hydrogen) atoms. The van der Waals surface area contributed by atoms with Crippen LogP contribution in [0.4, 0.5) is 4.79 Å². The van der Waals surface area contributed by atoms with Crippen LogP contribution < -0.4 is 21.7 Å². The predicted octanol–water partition coefficient (Wildman–Crippen LogP) is 5.91. The van der Waals surface area contributed by atoms with Crippen LogP contribution in [-0.4, -0.2) is 56.0 Å². The number of alkyl carbamates (subject to hydrolysis) is 1. The fourth-order valence-electron chi connectivity index (χ4n) is 4.93. The summed E-state index contributed by atoms with van der Waals surface area (Å²) in [5.74, 6) is -2.27. The molecule has 11 heteroatoms. The van der Waals surface area contributed by atoms with Crippen LogP contribution >= 0.6 is 0 Å². The minimum absolute atomic E-state index is 0.154. The number of ether oxygens (including phenoxy) is 1. The molecule has 3 amide bonds. The van der Waals surface area contributed by atoms with Crippen LogP contribution in [0.15, 0.2) is 60.7 Å². The molecule has 0 aliphatic carbocycles. The van der Waals surface area contributed by atoms with Crippen molar-refractivity contribution in [2.75, 3.05) is 0 Å². The average molecular weight is 668 g/mol. The third-order valence-corrected chi connectivity index (χ3v) is 12.9. The Morgan fingerprint density at radius 1 is 0.830 bits per heavy atom. The summed E-state index contributed by atoms with van der Waals surface area (Å²) in [4.78, 5) is 40.5. The highest BCUT2D eigenvalue weighted by Gasteiger charge is 2.43. The highest BCUT2D eigenvalue weighted by atomic mass is 28.4. The molecule has 0 aromatic heterocycles. The van der Waals surface area contributed by atoms with Crippen LogP contribution in [0, 0.1) is 17.2 Å². The second kappa shape index (κ2) is 16.9. The van der Waals surface area contributed by atoms with Crippen LogP contribution in [0.1, 0.15) is 72.9 Å². The molecular formula is C36H57N5O5Si. The number of benzene rings is 2. The van der Waals surface area contributed by atoms with E-state index in [-0.39, 0.29) is 23.3 Å². The lowest BCUT2D eigenvalue weighted by molar-refractivity contribution is -0.132. The van der Waals surface area contributed by atoms with E-state index in [1.165, 1.54) is 0 Å². The number of hydrogen-bond acceptors (Lipinski definition) is 6. The third-order valence-electron chi connectivity index (χ3n) is 8.42. The van der Waals surface area contributed by atoms with Gasteiger partial charge in [-0.3, -0.25) is 20.3 Å². The molecule has 2 aromatic carbocycles. The number of nitrogens with two attached hydrogens (primary N) is 1. The van der Waals surface area contributed by atoms with E-state index in [1.54, 1.807) is 0 Å². The van der Waals surface area contributed by atoms with E-state index in [0.717, 1.165) is 11.1 Å². The first-order chi connectivity index (χ1) is 21.7. The summed E-state index contributed by atoms with van der Waals surface area (Å²) in [5, 5.41) is 15.7. The summed E-state index contributed by atoms with van der Waals surface area (Å²) in [5.41, 5.74) is 6.68. The molecule has 0 spiro atoms. The normalized spacial score (nSPS) is 14.8. The van der Waals surface area contributed by atoms with Gasteiger partial charge < -0.3 is 25.5 Å². The summed E-state index contributed by atoms with van der Waals surface area (Å²) in [6.45, 7) is 19.8. The second-order valence-electron chi connectivity index (χ2n) is 15.1. The van der Waals surface area contributed by atoms with Gasteiger partial charge in [0.05, 0.1) is 12.1 Å². The van der Waals surface area contributed by atoms with Crippen LogP contribution in [-0.2, 0) is 31.6 Å². The lowest BCUT2D eigenvalue weighted by Crippen LogP contribution is -2.56. The van der Waals surface area contributed by atoms with Crippen LogP contribution in [0.5, 0.6) is 0 Å². The zero-order valence-corrected chi connectivity index (χ0v) is 30.9. The Morgan fingerprint density at radius 3 is 1.79 bits per heavy atom. The zero-order valence-electron chi connectivity index (χ0n) is 29.9. The van der Waals surface area contributed by atoms with Gasteiger partial charge >= 0.3 is 6.09 Å². The molecule has 0 radical (unpaired) electrons. The molecule has 260 valence electrons. The Balaban J connectivity index is 2.63. The van der Waals surface area contributed by atoms with Crippen molar-refractivity contribution in [3.05, 3.63) is 71.8 Å². The maximum absolute atomic E-state index is 14.2. The molecule has 6 N–H and O–H groups in total. The van der Waals surface area contributed by atoms with Crippen molar-refractivity contribution in [3.8, 4) is 0 Å². The van der Waals surface area contributed by atoms with Gasteiger partial charge in [0.25, 0.3) is 0 Å². The summed E-state index contributed by atoms with van der Waals surface area (Å²) in [6, 6.07) is 18.1. The number of hydrogen-bond donors (Lipinski definition) is 5. The van der Waals surface area contributed by atoms with Gasteiger partial charge in [0, 0.05) is 5.92 Å². The molecule has 2 aromatic rings. The van der Waals surface area contributed by atoms with E-state index in [0.29, 0.717) is 12.8 Å². The predicted molar refractivity (Wildman–Crippen MR) is 190 cm³/mol. The molecule has 0 aliphatic heterocycles. The molecule has 0 aliphatic rings. The average Bonchev–Trinajstić information content (AvgIpc) is 2.93. The maximum atomic E-state index is 14.2. The second-order valence-corrected chi connectivity index (χ2v) is 19.9. The minimum atomic E-state index is -2.45. The molecule has 0 saturated carbocycles. The van der Waals surface area contributed by atoms with E-state index >= 15 is 0 Å². The van der Waals surface area contributed by atoms with Crippen LogP contribution in [0.25, 0.3) is 0 Å². The Morgan fingerprint density at radius 2 is 1.34 bits per heavy atom. The van der Waals surface area contributed by atoms with E-state index in [1.807, 2.05) is 95.3 Å². The number of guanidine groups is 1. The smallest absolute Gasteiger partial charge is 0.407 e. The van der Waals surface area contributed by atoms with Crippen molar-refractivity contribution < 1.29 is 23.5 Å². The Hall–Kier alpha value is -3.70. The first kappa shape index (κ1) is 39.5. The standard InChI is InChI=1S/C36H57N5O5Si/c1-24(2)30(32(43)41-33(37)38)40-31(42)27(21-25-17-13-11-14-18-25)23-29(46-47(9,10)36(6,7)8)28(22-26-19-15-12-16-20-26)39-34(44)45-35(3,4)5/h11-20,24,27-30H,21-23H2,1-10H3,(H,39,44)(H,40,42)(H4,37,38,41,43). The Labute approximate surface area is 282 Å². The lowest BCUT2D eigenvalue weighted by atomic mass is 9.88. The van der Waals surface area contributed by atoms with Crippen molar-refractivity contribution in [2.24, 2.45) is 17.6 Å². The van der Waals surface area contributed by atoms with E-state index in [9.17, 15) is 14.4 Å². The number of amides is 3. The number of nitrogens with one attached hydrogen (secondary N) is 4. The highest BCUT2D eigenvalue weighted by molar-refractivity contribution is 6.74. The molecule has 0 fully saturated rings. The molecule has 0 saturated heterocycles. The van der Waals surface area contributed by atoms with Gasteiger partial charge in [-0.15, -0.1) is 0 Å². The number of carbonyl (C=O) groups excluding carboxylic acids is 3. The van der Waals surface area contributed by atoms with Crippen molar-refractivity contribution in [2.45, 2.75) is 117 Å². The fraction of sp³-hybridized carbons (Fsp3) is 0.556. The number of carbonyl (C=O) groups is 3. The van der Waals surface area contributed by atoms with Crippen molar-refractivity contribution in [1.29, 1.82) is 5.41 Å². The Bertz CT molecular complexity index is 1320. The van der Waals surface area contributed by atoms with Gasteiger partial charge in [-0.2, -0.15) is 0 Å². The van der Waals surface area contributed by atoms with E-state index in [2.05, 4.69) is 49.8 Å². The van der Waals surface area contributed by atoms with Gasteiger partial charge in [-0.1, -0.05) is 95.3 Å². The van der Waals surface area contributed by atoms with Gasteiger partial charge in [0.2, 0.25) is 11.8 Å². The minimum Gasteiger partial charge on any atom is -0.444 e. The molecule has 0 bridgehead atoms. The largest absolute Gasteiger partial charge is 0.444 e. The van der Waals surface area contributed by atoms with Crippen molar-refractivity contribution >= 4 is 32.2 Å². The summed E-state index contributed by atoms with van der Waals surface area (Å²) in [6.07, 6.45) is -0.0408. The van der Waals surface area contributed by atoms with Crippen LogP contribution in [0.3, 0.4) is 0 Å². The SMILES string of the molecule is CC(C)C(NC(=O)C(Cc1ccccc1)CC(O[Si](C)(C)C(C)(C)C)C(Cc1ccccc1)NC(=O)OC(C)(C)C)C(=O)NC(=N)N. The van der Waals surface area contributed by atoms with E-state index < -0.39 is 56.0 Å². The van der Waals surface area contributed by atoms with Crippen molar-refractivity contribution in [1.82, 2.24) is 16.0 Å². The first-order valence-corrected chi connectivity index (χ1v) is 19.3. The van der Waals surface area contributed by atoms with Crippen molar-refractivity contribution in [3.63, 3.8) is 0 Å². The molecule has 4 atom stereocenters. The maximum Gasteiger partial charge on any atom is 0.407 e. The van der Waals surface area contributed by atoms with Gasteiger partial charge in [0.1, 0.15) is 11.6 Å². The van der Waals surface area contributed by atoms with E-state index in [4.69, 9.17) is 20.3 Å². The first-order valence-electron chi connectivity index (χ1n) is 16.4. The zero-order chi connectivity index (χ0) is 35.6. The topological polar surface area (TPSA) is 156 Å². The summed E-state index contributed by atoms with van der Waals surface area (Å²) >= 11 is 0. The van der Waals surface area contributed by atoms with Crippen LogP contribution in [0.2, 0.25) is 18.1 Å². The lowest BCUT2D eigenvalue weighted by Gasteiger charge is -2.42. The molecule has 10 nitrogen and oxygen atoms in total. The van der Waals surface area contributed by atoms with Gasteiger partial charge in [-0.25, -0.2) is 4.79 Å². The monoisotopic (exact) mass is 667 g/mol. The molecular weight excluding hydrogens is 611 g/mol. The van der Waals surface area contributed by atoms with Gasteiger partial charge in [-0.05, 0) is 75.2 Å². The summed E-state index contributed by atoms with van der Waals surface area (Å²) in [7, 11) is -2.45. The molecule has 0 heterocycles. The molecule has 2 rings (SSSR count). The molecule has 4 unspecified atom stereocenters. The summed E-state index contributed by atoms with van der Waals surface area (Å²) < 4.78 is 12.8. The third kappa shape index (κ3) is 13.5. The number of rotatable bonds is 14. The van der Waals surface area contributed by atoms with Gasteiger partial charge in [0.15, 0.2) is 14.3 Å². The Kier molecular flexibility index (Phi) is 14.2. The fourth-order valence-corrected chi connectivity index (χ4v) is 6.30. The quantitative estimate of drug-likeness (QED) is 0.0958. The highest BCUT2D eigenvalue weighted by Crippen LogP contribution is 2.39.